The number of hydrogen-bond acceptors (Lipinski definition) is 3. The molecule has 1 aromatic rings. The minimum atomic E-state index is 0.696. The summed E-state index contributed by atoms with van der Waals surface area (Å²) in [6, 6.07) is 8.63. The molecule has 106 valence electrons. The summed E-state index contributed by atoms with van der Waals surface area (Å²) in [5.41, 5.74) is 2.60. The van der Waals surface area contributed by atoms with Gasteiger partial charge in [0.15, 0.2) is 0 Å². The smallest absolute Gasteiger partial charge is 0.0713 e. The summed E-state index contributed by atoms with van der Waals surface area (Å²) in [5.74, 6) is 0.821. The summed E-state index contributed by atoms with van der Waals surface area (Å²) >= 11 is 0. The topological polar surface area (TPSA) is 24.5 Å². The molecule has 3 heteroatoms. The molecule has 1 N–H and O–H groups in total. The van der Waals surface area contributed by atoms with Gasteiger partial charge in [-0.15, -0.1) is 0 Å². The van der Waals surface area contributed by atoms with Gasteiger partial charge in [0.25, 0.3) is 0 Å². The van der Waals surface area contributed by atoms with Gasteiger partial charge in [-0.25, -0.2) is 0 Å². The Balaban J connectivity index is 1.72. The van der Waals surface area contributed by atoms with Gasteiger partial charge in [0.05, 0.1) is 6.61 Å². The molecule has 19 heavy (non-hydrogen) atoms. The molecule has 1 atom stereocenters. The molecule has 0 aliphatic carbocycles. The average molecular weight is 262 g/mol. The third-order valence-corrected chi connectivity index (χ3v) is 3.88. The standard InChI is InChI=1S/C16H26N2O/c1-3-18-8-7-16(12-18)11-17-10-14-5-4-6-15(9-14)13-19-2/h4-6,9,16-17H,3,7-8,10-13H2,1-2H3. The monoisotopic (exact) mass is 262 g/mol. The number of nitrogens with zero attached hydrogens (tertiary/aromatic N) is 1. The summed E-state index contributed by atoms with van der Waals surface area (Å²) in [7, 11) is 1.74. The van der Waals surface area contributed by atoms with E-state index in [1.54, 1.807) is 7.11 Å². The van der Waals surface area contributed by atoms with E-state index in [1.165, 1.54) is 37.2 Å². The second kappa shape index (κ2) is 7.63. The number of nitrogens with one attached hydrogen (secondary N) is 1. The zero-order valence-corrected chi connectivity index (χ0v) is 12.2. The van der Waals surface area contributed by atoms with E-state index in [0.717, 1.165) is 19.0 Å². The van der Waals surface area contributed by atoms with Gasteiger partial charge in [0, 0.05) is 20.2 Å². The van der Waals surface area contributed by atoms with Crippen molar-refractivity contribution in [2.24, 2.45) is 5.92 Å². The van der Waals surface area contributed by atoms with Crippen LogP contribution >= 0.6 is 0 Å². The molecule has 0 spiro atoms. The maximum absolute atomic E-state index is 5.17. The minimum absolute atomic E-state index is 0.696. The fourth-order valence-corrected chi connectivity index (χ4v) is 2.78. The molecule has 0 radical (unpaired) electrons. The first kappa shape index (κ1) is 14.5. The van der Waals surface area contributed by atoms with Crippen molar-refractivity contribution in [1.29, 1.82) is 0 Å². The molecule has 0 saturated carbocycles. The van der Waals surface area contributed by atoms with Gasteiger partial charge in [-0.1, -0.05) is 31.2 Å². The molecule has 1 fully saturated rings. The molecule has 1 aromatic carbocycles. The molecule has 0 amide bonds. The maximum Gasteiger partial charge on any atom is 0.0713 e. The van der Waals surface area contributed by atoms with Crippen molar-refractivity contribution in [2.75, 3.05) is 33.3 Å². The highest BCUT2D eigenvalue weighted by Crippen LogP contribution is 2.14. The lowest BCUT2D eigenvalue weighted by Gasteiger charge is -2.14. The predicted octanol–water partition coefficient (Wildman–Crippen LogP) is 2.26. The van der Waals surface area contributed by atoms with Crippen molar-refractivity contribution in [2.45, 2.75) is 26.5 Å². The Kier molecular flexibility index (Phi) is 5.83. The second-order valence-electron chi connectivity index (χ2n) is 5.43. The van der Waals surface area contributed by atoms with Crippen LogP contribution in [0.4, 0.5) is 0 Å². The van der Waals surface area contributed by atoms with Crippen molar-refractivity contribution in [1.82, 2.24) is 10.2 Å². The molecule has 0 aromatic heterocycles. The Bertz CT molecular complexity index is 381. The van der Waals surface area contributed by atoms with Crippen LogP contribution in [0.25, 0.3) is 0 Å². The molecular formula is C16H26N2O. The Hall–Kier alpha value is -0.900. The van der Waals surface area contributed by atoms with Crippen LogP contribution in [0.2, 0.25) is 0 Å². The summed E-state index contributed by atoms with van der Waals surface area (Å²) < 4.78 is 5.17. The Labute approximate surface area is 116 Å². The van der Waals surface area contributed by atoms with Gasteiger partial charge in [-0.2, -0.15) is 0 Å². The first-order valence-corrected chi connectivity index (χ1v) is 7.31. The highest BCUT2D eigenvalue weighted by molar-refractivity contribution is 5.22. The van der Waals surface area contributed by atoms with Gasteiger partial charge in [-0.3, -0.25) is 0 Å². The fourth-order valence-electron chi connectivity index (χ4n) is 2.78. The van der Waals surface area contributed by atoms with Gasteiger partial charge in [0.1, 0.15) is 0 Å². The number of rotatable bonds is 7. The highest BCUT2D eigenvalue weighted by atomic mass is 16.5. The molecule has 1 saturated heterocycles. The van der Waals surface area contributed by atoms with E-state index >= 15 is 0 Å². The molecule has 2 rings (SSSR count). The lowest BCUT2D eigenvalue weighted by atomic mass is 10.1. The van der Waals surface area contributed by atoms with Crippen LogP contribution in [-0.2, 0) is 17.9 Å². The van der Waals surface area contributed by atoms with E-state index in [-0.39, 0.29) is 0 Å². The minimum Gasteiger partial charge on any atom is -0.380 e. The van der Waals surface area contributed by atoms with Crippen LogP contribution in [0.1, 0.15) is 24.5 Å². The number of likely N-dealkylation sites (tertiary alicyclic amines) is 1. The summed E-state index contributed by atoms with van der Waals surface area (Å²) in [5, 5.41) is 3.59. The molecule has 1 aliphatic rings. The van der Waals surface area contributed by atoms with Crippen molar-refractivity contribution in [3.8, 4) is 0 Å². The van der Waals surface area contributed by atoms with Crippen LogP contribution in [0.15, 0.2) is 24.3 Å². The van der Waals surface area contributed by atoms with Crippen molar-refractivity contribution in [3.05, 3.63) is 35.4 Å². The molecule has 1 heterocycles. The van der Waals surface area contributed by atoms with Crippen molar-refractivity contribution >= 4 is 0 Å². The predicted molar refractivity (Wildman–Crippen MR) is 79.1 cm³/mol. The molecule has 1 unspecified atom stereocenters. The molecule has 3 nitrogen and oxygen atoms in total. The van der Waals surface area contributed by atoms with Crippen LogP contribution < -0.4 is 5.32 Å². The van der Waals surface area contributed by atoms with Gasteiger partial charge in [0.2, 0.25) is 0 Å². The highest BCUT2D eigenvalue weighted by Gasteiger charge is 2.20. The number of methoxy groups -OCH3 is 1. The van der Waals surface area contributed by atoms with E-state index in [1.807, 2.05) is 0 Å². The molecular weight excluding hydrogens is 236 g/mol. The van der Waals surface area contributed by atoms with Crippen LogP contribution in [-0.4, -0.2) is 38.2 Å². The maximum atomic E-state index is 5.17. The van der Waals surface area contributed by atoms with E-state index in [9.17, 15) is 0 Å². The third kappa shape index (κ3) is 4.60. The summed E-state index contributed by atoms with van der Waals surface area (Å²) in [6.07, 6.45) is 1.34. The fraction of sp³-hybridized carbons (Fsp3) is 0.625. The lowest BCUT2D eigenvalue weighted by molar-refractivity contribution is 0.185. The van der Waals surface area contributed by atoms with Crippen LogP contribution in [0.3, 0.4) is 0 Å². The molecule has 0 bridgehead atoms. The Morgan fingerprint density at radius 2 is 2.21 bits per heavy atom. The largest absolute Gasteiger partial charge is 0.380 e. The zero-order chi connectivity index (χ0) is 13.5. The van der Waals surface area contributed by atoms with E-state index in [0.29, 0.717) is 6.61 Å². The van der Waals surface area contributed by atoms with Crippen molar-refractivity contribution in [3.63, 3.8) is 0 Å². The summed E-state index contributed by atoms with van der Waals surface area (Å²) in [4.78, 5) is 2.53. The number of ether oxygens (including phenoxy) is 1. The SMILES string of the molecule is CCN1CCC(CNCc2cccc(COC)c2)C1. The third-order valence-electron chi connectivity index (χ3n) is 3.88. The van der Waals surface area contributed by atoms with E-state index in [4.69, 9.17) is 4.74 Å². The Morgan fingerprint density at radius 3 is 2.95 bits per heavy atom. The van der Waals surface area contributed by atoms with E-state index in [2.05, 4.69) is 41.4 Å². The average Bonchev–Trinajstić information content (AvgIpc) is 2.88. The quantitative estimate of drug-likeness (QED) is 0.816. The number of benzene rings is 1. The molecule has 1 aliphatic heterocycles. The Morgan fingerprint density at radius 1 is 1.37 bits per heavy atom. The van der Waals surface area contributed by atoms with Crippen LogP contribution in [0, 0.1) is 5.92 Å². The normalized spacial score (nSPS) is 20.0. The van der Waals surface area contributed by atoms with Crippen molar-refractivity contribution < 1.29 is 4.74 Å². The first-order valence-electron chi connectivity index (χ1n) is 7.31. The number of hydrogen-bond donors (Lipinski definition) is 1. The van der Waals surface area contributed by atoms with Gasteiger partial charge >= 0.3 is 0 Å². The van der Waals surface area contributed by atoms with Gasteiger partial charge in [-0.05, 0) is 43.1 Å². The summed E-state index contributed by atoms with van der Waals surface area (Å²) in [6.45, 7) is 8.75. The lowest BCUT2D eigenvalue weighted by Crippen LogP contribution is -2.26. The van der Waals surface area contributed by atoms with Gasteiger partial charge < -0.3 is 15.0 Å². The zero-order valence-electron chi connectivity index (χ0n) is 12.2. The van der Waals surface area contributed by atoms with E-state index < -0.39 is 0 Å². The second-order valence-corrected chi connectivity index (χ2v) is 5.43. The first-order chi connectivity index (χ1) is 9.31. The van der Waals surface area contributed by atoms with Crippen LogP contribution in [0.5, 0.6) is 0 Å².